The van der Waals surface area contributed by atoms with E-state index in [2.05, 4.69) is 82.7 Å². The molecule has 0 aliphatic rings. The van der Waals surface area contributed by atoms with Crippen LogP contribution in [0.2, 0.25) is 0 Å². The van der Waals surface area contributed by atoms with Gasteiger partial charge in [-0.2, -0.15) is 9.13 Å². The van der Waals surface area contributed by atoms with Crippen LogP contribution in [0.1, 0.15) is 25.0 Å². The number of pyridine rings is 2. The number of aliphatic hydroxyl groups is 2. The lowest BCUT2D eigenvalue weighted by Crippen LogP contribution is -3.00. The molecule has 0 bridgehead atoms. The summed E-state index contributed by atoms with van der Waals surface area (Å²) in [7, 11) is 0. The van der Waals surface area contributed by atoms with E-state index in [1.54, 1.807) is 13.8 Å². The third-order valence-electron chi connectivity index (χ3n) is 6.06. The van der Waals surface area contributed by atoms with E-state index < -0.39 is 0 Å². The quantitative estimate of drug-likeness (QED) is 0.208. The Morgan fingerprint density at radius 2 is 0.909 bits per heavy atom. The number of hydrogen-bond donors (Lipinski definition) is 2. The molecule has 0 amide bonds. The van der Waals surface area contributed by atoms with Gasteiger partial charge >= 0.3 is 0 Å². The zero-order valence-electron chi connectivity index (χ0n) is 24.9. The Bertz CT molecular complexity index is 1520. The lowest BCUT2D eigenvalue weighted by Gasteiger charge is -2.03. The summed E-state index contributed by atoms with van der Waals surface area (Å²) in [5.74, 6) is 1.71. The summed E-state index contributed by atoms with van der Waals surface area (Å²) in [6.07, 6.45) is 12.3. The smallest absolute Gasteiger partial charge is 0.250 e. The first-order valence-corrected chi connectivity index (χ1v) is 14.0. The summed E-state index contributed by atoms with van der Waals surface area (Å²) in [6, 6.07) is 33.0. The van der Waals surface area contributed by atoms with Crippen molar-refractivity contribution in [2.24, 2.45) is 0 Å². The van der Waals surface area contributed by atoms with E-state index in [0.29, 0.717) is 0 Å². The van der Waals surface area contributed by atoms with Crippen LogP contribution in [0.4, 0.5) is 0 Å². The fraction of sp³-hybridized carbons (Fsp3) is 0.176. The number of nitrogens with zero attached hydrogens (tertiary/aromatic N) is 6. The van der Waals surface area contributed by atoms with Crippen molar-refractivity contribution >= 4 is 0 Å². The Morgan fingerprint density at radius 3 is 1.27 bits per heavy atom. The van der Waals surface area contributed by atoms with E-state index in [9.17, 15) is 0 Å². The van der Waals surface area contributed by atoms with Gasteiger partial charge in [-0.05, 0) is 37.1 Å². The third kappa shape index (κ3) is 10.4. The molecule has 0 radical (unpaired) electrons. The highest BCUT2D eigenvalue weighted by atomic mass is 35.5. The number of hydrogen-bond acceptors (Lipinski definition) is 4. The van der Waals surface area contributed by atoms with Crippen LogP contribution < -0.4 is 33.9 Å². The number of rotatable bonds is 7. The van der Waals surface area contributed by atoms with Crippen LogP contribution in [0, 0.1) is 0 Å². The van der Waals surface area contributed by atoms with E-state index in [4.69, 9.17) is 20.2 Å². The molecule has 2 N–H and O–H groups in total. The first-order valence-electron chi connectivity index (χ1n) is 14.0. The van der Waals surface area contributed by atoms with E-state index in [0.717, 1.165) is 36.1 Å². The first-order chi connectivity index (χ1) is 20.6. The van der Waals surface area contributed by atoms with Gasteiger partial charge in [0.2, 0.25) is 11.6 Å². The van der Waals surface area contributed by atoms with Crippen LogP contribution in [0.15, 0.2) is 135 Å². The molecule has 8 nitrogen and oxygen atoms in total. The van der Waals surface area contributed by atoms with Gasteiger partial charge in [-0.25, -0.2) is 19.1 Å². The van der Waals surface area contributed by atoms with Gasteiger partial charge in [0.1, 0.15) is 37.9 Å². The summed E-state index contributed by atoms with van der Waals surface area (Å²) in [5.41, 5.74) is 4.19. The van der Waals surface area contributed by atoms with Crippen molar-refractivity contribution in [3.05, 3.63) is 146 Å². The molecular weight excluding hydrogens is 595 g/mol. The number of halogens is 2. The highest BCUT2D eigenvalue weighted by Crippen LogP contribution is 2.18. The molecule has 44 heavy (non-hydrogen) atoms. The van der Waals surface area contributed by atoms with E-state index >= 15 is 0 Å². The topological polar surface area (TPSA) is 83.9 Å². The molecule has 4 aromatic heterocycles. The molecule has 0 aliphatic carbocycles. The van der Waals surface area contributed by atoms with Crippen molar-refractivity contribution in [3.8, 4) is 23.0 Å². The average Bonchev–Trinajstić information content (AvgIpc) is 3.69. The maximum Gasteiger partial charge on any atom is 0.250 e. The molecule has 4 heterocycles. The second-order valence-corrected chi connectivity index (χ2v) is 9.35. The van der Waals surface area contributed by atoms with Crippen molar-refractivity contribution in [3.63, 3.8) is 0 Å². The molecular formula is C34H38Cl2N6O2. The molecule has 6 aromatic rings. The zero-order chi connectivity index (χ0) is 29.6. The molecule has 0 saturated heterocycles. The Labute approximate surface area is 271 Å². The summed E-state index contributed by atoms with van der Waals surface area (Å²) >= 11 is 0. The molecule has 0 spiro atoms. The van der Waals surface area contributed by atoms with Crippen LogP contribution in [0.5, 0.6) is 0 Å². The zero-order valence-corrected chi connectivity index (χ0v) is 26.4. The lowest BCUT2D eigenvalue weighted by atomic mass is 10.2. The number of imidazole rings is 2. The van der Waals surface area contributed by atoms with Crippen LogP contribution in [-0.4, -0.2) is 42.5 Å². The van der Waals surface area contributed by atoms with E-state index in [1.165, 1.54) is 11.1 Å². The van der Waals surface area contributed by atoms with Gasteiger partial charge < -0.3 is 35.0 Å². The predicted molar refractivity (Wildman–Crippen MR) is 163 cm³/mol. The van der Waals surface area contributed by atoms with Gasteiger partial charge in [0.25, 0.3) is 12.7 Å². The van der Waals surface area contributed by atoms with Crippen molar-refractivity contribution in [2.45, 2.75) is 26.9 Å². The Balaban J connectivity index is 0.000000783. The molecule has 10 heteroatoms. The van der Waals surface area contributed by atoms with Crippen molar-refractivity contribution in [1.82, 2.24) is 19.1 Å². The molecule has 230 valence electrons. The maximum absolute atomic E-state index is 7.57. The fourth-order valence-electron chi connectivity index (χ4n) is 4.25. The number of benzene rings is 2. The molecule has 0 atom stereocenters. The number of aromatic nitrogens is 6. The van der Waals surface area contributed by atoms with Gasteiger partial charge in [-0.15, -0.1) is 0 Å². The lowest BCUT2D eigenvalue weighted by molar-refractivity contribution is -0.687. The van der Waals surface area contributed by atoms with Crippen LogP contribution in [-0.2, 0) is 13.1 Å². The van der Waals surface area contributed by atoms with Crippen molar-refractivity contribution in [2.75, 3.05) is 13.2 Å². The van der Waals surface area contributed by atoms with Crippen molar-refractivity contribution < 1.29 is 44.2 Å². The largest absolute Gasteiger partial charge is 1.00 e. The van der Waals surface area contributed by atoms with E-state index in [1.807, 2.05) is 70.1 Å². The summed E-state index contributed by atoms with van der Waals surface area (Å²) < 4.78 is 8.38. The highest BCUT2D eigenvalue weighted by Gasteiger charge is 2.13. The Kier molecular flexibility index (Phi) is 15.5. The minimum Gasteiger partial charge on any atom is -1.00 e. The van der Waals surface area contributed by atoms with Gasteiger partial charge in [-0.3, -0.25) is 0 Å². The second kappa shape index (κ2) is 19.0. The van der Waals surface area contributed by atoms with E-state index in [-0.39, 0.29) is 38.0 Å². The fourth-order valence-corrected chi connectivity index (χ4v) is 4.25. The van der Waals surface area contributed by atoms with Crippen LogP contribution in [0.3, 0.4) is 0 Å². The standard InChI is InChI=1S/C30H26N6.2C2H6O.2ClH/c1-3-9-25(10-4-1)21-33-17-19-35(23-33)29-15-7-13-27(31-29)28-14-8-16-30(32-28)36-20-18-34(24-36)22-26-11-5-2-6-12-26;2*1-2-3;;/h1-20,23-24H,21-22H2;2*3H,2H2,1H3;2*1H/q+2;;;;/p-2. The minimum absolute atomic E-state index is 0. The summed E-state index contributed by atoms with van der Waals surface area (Å²) in [6.45, 7) is 5.50. The van der Waals surface area contributed by atoms with Crippen molar-refractivity contribution in [1.29, 1.82) is 0 Å². The Hall–Kier alpha value is -4.34. The van der Waals surface area contributed by atoms with Gasteiger partial charge in [0.05, 0.1) is 11.4 Å². The van der Waals surface area contributed by atoms with Crippen LogP contribution >= 0.6 is 0 Å². The SMILES string of the molecule is CCO.CCO.[Cl-].[Cl-].c1ccc(C[n+]2ccn(-c3cccc(-c4cccc(-n5cc[n+](Cc6ccccc6)c5)n4)n3)c2)cc1. The first kappa shape index (κ1) is 35.9. The molecule has 2 aromatic carbocycles. The molecule has 0 unspecified atom stereocenters. The van der Waals surface area contributed by atoms with Gasteiger partial charge in [0.15, 0.2) is 0 Å². The van der Waals surface area contributed by atoms with Gasteiger partial charge in [0, 0.05) is 25.3 Å². The minimum atomic E-state index is 0. The third-order valence-corrected chi connectivity index (χ3v) is 6.06. The normalized spacial score (nSPS) is 9.82. The second-order valence-electron chi connectivity index (χ2n) is 9.35. The van der Waals surface area contributed by atoms with Crippen LogP contribution in [0.25, 0.3) is 23.0 Å². The highest BCUT2D eigenvalue weighted by molar-refractivity contribution is 5.56. The summed E-state index contributed by atoms with van der Waals surface area (Å²) in [5, 5.41) is 15.1. The summed E-state index contributed by atoms with van der Waals surface area (Å²) in [4.78, 5) is 9.80. The molecule has 6 rings (SSSR count). The van der Waals surface area contributed by atoms with Gasteiger partial charge in [-0.1, -0.05) is 72.8 Å². The molecule has 0 fully saturated rings. The average molecular weight is 634 g/mol. The maximum atomic E-state index is 7.57. The number of aliphatic hydroxyl groups excluding tert-OH is 2. The molecule has 0 saturated carbocycles. The molecule has 0 aliphatic heterocycles. The Morgan fingerprint density at radius 1 is 0.545 bits per heavy atom. The predicted octanol–water partition coefficient (Wildman–Crippen LogP) is -1.60. The monoisotopic (exact) mass is 632 g/mol.